The minimum Gasteiger partial charge on any atom is -0.489 e. The SMILES string of the molecule is Cc1c(CCC(=O)O)ccc(OCC2=C(CC3CCCC3)CCC2)c1C. The molecule has 0 aromatic heterocycles. The minimum absolute atomic E-state index is 0.178. The van der Waals surface area contributed by atoms with Gasteiger partial charge < -0.3 is 9.84 Å². The number of benzene rings is 1. The fraction of sp³-hybridized carbons (Fsp3) is 0.609. The Hall–Kier alpha value is -1.77. The molecular formula is C23H32O3. The lowest BCUT2D eigenvalue weighted by Crippen LogP contribution is -2.06. The molecule has 0 aliphatic heterocycles. The number of carboxylic acid groups (broad SMARTS) is 1. The van der Waals surface area contributed by atoms with Crippen LogP contribution >= 0.6 is 0 Å². The molecule has 3 nitrogen and oxygen atoms in total. The van der Waals surface area contributed by atoms with Gasteiger partial charge in [0.15, 0.2) is 0 Å². The van der Waals surface area contributed by atoms with Crippen molar-refractivity contribution in [3.05, 3.63) is 40.0 Å². The van der Waals surface area contributed by atoms with Gasteiger partial charge >= 0.3 is 5.97 Å². The van der Waals surface area contributed by atoms with Crippen LogP contribution in [-0.2, 0) is 11.2 Å². The lowest BCUT2D eigenvalue weighted by atomic mass is 9.95. The van der Waals surface area contributed by atoms with Crippen molar-refractivity contribution in [3.63, 3.8) is 0 Å². The van der Waals surface area contributed by atoms with Gasteiger partial charge in [0.2, 0.25) is 0 Å². The quantitative estimate of drug-likeness (QED) is 0.602. The van der Waals surface area contributed by atoms with E-state index in [1.54, 1.807) is 5.57 Å². The van der Waals surface area contributed by atoms with E-state index >= 15 is 0 Å². The van der Waals surface area contributed by atoms with Crippen molar-refractivity contribution in [1.29, 1.82) is 0 Å². The Bertz CT molecular complexity index is 681. The summed E-state index contributed by atoms with van der Waals surface area (Å²) in [5.74, 6) is 1.11. The maximum atomic E-state index is 10.8. The van der Waals surface area contributed by atoms with Crippen LogP contribution in [-0.4, -0.2) is 17.7 Å². The number of carbonyl (C=O) groups is 1. The van der Waals surface area contributed by atoms with Gasteiger partial charge in [0.25, 0.3) is 0 Å². The molecule has 0 bridgehead atoms. The maximum Gasteiger partial charge on any atom is 0.303 e. The first-order valence-electron chi connectivity index (χ1n) is 10.2. The summed E-state index contributed by atoms with van der Waals surface area (Å²) in [6.07, 6.45) is 11.4. The Morgan fingerprint density at radius 3 is 2.54 bits per heavy atom. The van der Waals surface area contributed by atoms with E-state index in [0.29, 0.717) is 6.42 Å². The third-order valence-electron chi connectivity index (χ3n) is 6.33. The maximum absolute atomic E-state index is 10.8. The summed E-state index contributed by atoms with van der Waals surface area (Å²) in [4.78, 5) is 10.8. The zero-order chi connectivity index (χ0) is 18.5. The molecule has 0 saturated heterocycles. The fourth-order valence-electron chi connectivity index (χ4n) is 4.54. The Balaban J connectivity index is 1.63. The van der Waals surface area contributed by atoms with Crippen molar-refractivity contribution in [3.8, 4) is 5.75 Å². The van der Waals surface area contributed by atoms with Crippen molar-refractivity contribution in [2.75, 3.05) is 6.61 Å². The van der Waals surface area contributed by atoms with E-state index in [1.807, 2.05) is 12.1 Å². The lowest BCUT2D eigenvalue weighted by molar-refractivity contribution is -0.136. The highest BCUT2D eigenvalue weighted by molar-refractivity contribution is 5.67. The zero-order valence-corrected chi connectivity index (χ0v) is 16.3. The molecule has 1 aromatic carbocycles. The van der Waals surface area contributed by atoms with Crippen LogP contribution in [0.25, 0.3) is 0 Å². The molecule has 0 unspecified atom stereocenters. The number of ether oxygens (including phenoxy) is 1. The zero-order valence-electron chi connectivity index (χ0n) is 16.3. The van der Waals surface area contributed by atoms with Gasteiger partial charge in [-0.05, 0) is 80.2 Å². The second-order valence-corrected chi connectivity index (χ2v) is 8.07. The minimum atomic E-state index is -0.745. The highest BCUT2D eigenvalue weighted by atomic mass is 16.5. The number of allylic oxidation sites excluding steroid dienone is 1. The molecule has 2 aliphatic carbocycles. The van der Waals surface area contributed by atoms with E-state index in [2.05, 4.69) is 13.8 Å². The van der Waals surface area contributed by atoms with Gasteiger partial charge in [0.05, 0.1) is 0 Å². The van der Waals surface area contributed by atoms with Crippen LogP contribution in [0.2, 0.25) is 0 Å². The third kappa shape index (κ3) is 4.69. The highest BCUT2D eigenvalue weighted by Gasteiger charge is 2.22. The number of aryl methyl sites for hydroxylation is 1. The Labute approximate surface area is 157 Å². The Morgan fingerprint density at radius 2 is 1.81 bits per heavy atom. The highest BCUT2D eigenvalue weighted by Crippen LogP contribution is 2.37. The molecule has 1 N–H and O–H groups in total. The predicted octanol–water partition coefficient (Wildman–Crippen LogP) is 5.76. The number of hydrogen-bond donors (Lipinski definition) is 1. The summed E-state index contributed by atoms with van der Waals surface area (Å²) in [5.41, 5.74) is 6.62. The van der Waals surface area contributed by atoms with Gasteiger partial charge in [-0.2, -0.15) is 0 Å². The fourth-order valence-corrected chi connectivity index (χ4v) is 4.54. The molecule has 1 aromatic rings. The lowest BCUT2D eigenvalue weighted by Gasteiger charge is -2.16. The first kappa shape index (κ1) is 19.0. The summed E-state index contributed by atoms with van der Waals surface area (Å²) in [6.45, 7) is 4.87. The number of rotatable bonds is 8. The summed E-state index contributed by atoms with van der Waals surface area (Å²) in [5, 5.41) is 8.89. The van der Waals surface area contributed by atoms with E-state index < -0.39 is 5.97 Å². The molecule has 142 valence electrons. The van der Waals surface area contributed by atoms with Crippen LogP contribution in [0.15, 0.2) is 23.3 Å². The van der Waals surface area contributed by atoms with Crippen LogP contribution in [0.4, 0.5) is 0 Å². The van der Waals surface area contributed by atoms with Crippen molar-refractivity contribution in [2.45, 2.75) is 78.1 Å². The van der Waals surface area contributed by atoms with Crippen molar-refractivity contribution in [1.82, 2.24) is 0 Å². The third-order valence-corrected chi connectivity index (χ3v) is 6.33. The second kappa shape index (κ2) is 8.75. The number of aliphatic carboxylic acids is 1. The molecule has 0 atom stereocenters. The van der Waals surface area contributed by atoms with E-state index in [9.17, 15) is 4.79 Å². The summed E-state index contributed by atoms with van der Waals surface area (Å²) < 4.78 is 6.20. The van der Waals surface area contributed by atoms with Crippen molar-refractivity contribution < 1.29 is 14.6 Å². The Morgan fingerprint density at radius 1 is 1.08 bits per heavy atom. The molecule has 3 rings (SSSR count). The van der Waals surface area contributed by atoms with Crippen LogP contribution in [0, 0.1) is 19.8 Å². The number of carboxylic acids is 1. The van der Waals surface area contributed by atoms with Gasteiger partial charge in [-0.15, -0.1) is 0 Å². The molecular weight excluding hydrogens is 324 g/mol. The number of hydrogen-bond acceptors (Lipinski definition) is 2. The molecule has 1 fully saturated rings. The average molecular weight is 357 g/mol. The molecule has 1 saturated carbocycles. The summed E-state index contributed by atoms with van der Waals surface area (Å²) in [6, 6.07) is 4.05. The summed E-state index contributed by atoms with van der Waals surface area (Å²) in [7, 11) is 0. The van der Waals surface area contributed by atoms with Crippen LogP contribution < -0.4 is 4.74 Å². The molecule has 3 heteroatoms. The van der Waals surface area contributed by atoms with Crippen LogP contribution in [0.3, 0.4) is 0 Å². The van der Waals surface area contributed by atoms with Gasteiger partial charge in [-0.3, -0.25) is 4.79 Å². The second-order valence-electron chi connectivity index (χ2n) is 8.07. The van der Waals surface area contributed by atoms with Crippen molar-refractivity contribution in [2.24, 2.45) is 5.92 Å². The largest absolute Gasteiger partial charge is 0.489 e. The van der Waals surface area contributed by atoms with E-state index in [0.717, 1.165) is 35.0 Å². The molecule has 26 heavy (non-hydrogen) atoms. The normalized spacial score (nSPS) is 17.9. The van der Waals surface area contributed by atoms with E-state index in [4.69, 9.17) is 9.84 Å². The van der Waals surface area contributed by atoms with Gasteiger partial charge in [-0.1, -0.05) is 37.3 Å². The molecule has 0 heterocycles. The monoisotopic (exact) mass is 356 g/mol. The molecule has 0 amide bonds. The summed E-state index contributed by atoms with van der Waals surface area (Å²) >= 11 is 0. The van der Waals surface area contributed by atoms with E-state index in [-0.39, 0.29) is 6.42 Å². The Kier molecular flexibility index (Phi) is 6.39. The molecule has 2 aliphatic rings. The first-order valence-corrected chi connectivity index (χ1v) is 10.2. The van der Waals surface area contributed by atoms with Crippen LogP contribution in [0.1, 0.15) is 74.5 Å². The standard InChI is InChI=1S/C23H32O3/c1-16-17(2)22(12-10-19(16)11-13-23(24)25)26-15-21-9-5-8-20(21)14-18-6-3-4-7-18/h10,12,18H,3-9,11,13-15H2,1-2H3,(H,24,25). The first-order chi connectivity index (χ1) is 12.5. The average Bonchev–Trinajstić information content (AvgIpc) is 3.28. The van der Waals surface area contributed by atoms with Gasteiger partial charge in [0.1, 0.15) is 12.4 Å². The predicted molar refractivity (Wildman–Crippen MR) is 105 cm³/mol. The smallest absolute Gasteiger partial charge is 0.303 e. The molecule has 0 spiro atoms. The van der Waals surface area contributed by atoms with E-state index in [1.165, 1.54) is 56.9 Å². The molecule has 0 radical (unpaired) electrons. The topological polar surface area (TPSA) is 46.5 Å². The van der Waals surface area contributed by atoms with Gasteiger partial charge in [0, 0.05) is 6.42 Å². The van der Waals surface area contributed by atoms with Crippen molar-refractivity contribution >= 4 is 5.97 Å². The van der Waals surface area contributed by atoms with Crippen LogP contribution in [0.5, 0.6) is 5.75 Å². The van der Waals surface area contributed by atoms with Gasteiger partial charge in [-0.25, -0.2) is 0 Å².